The van der Waals surface area contributed by atoms with Crippen LogP contribution in [0.1, 0.15) is 17.3 Å². The molecule has 1 saturated heterocycles. The first-order valence-corrected chi connectivity index (χ1v) is 9.55. The van der Waals surface area contributed by atoms with Crippen molar-refractivity contribution < 1.29 is 9.59 Å². The number of nitrogens with zero attached hydrogens (tertiary/aromatic N) is 2. The summed E-state index contributed by atoms with van der Waals surface area (Å²) in [6.45, 7) is 4.33. The first-order valence-electron chi connectivity index (χ1n) is 8.41. The van der Waals surface area contributed by atoms with Crippen LogP contribution in [0.3, 0.4) is 0 Å². The van der Waals surface area contributed by atoms with Gasteiger partial charge >= 0.3 is 0 Å². The minimum atomic E-state index is -0.360. The molecule has 5 nitrogen and oxygen atoms in total. The van der Waals surface area contributed by atoms with Crippen molar-refractivity contribution in [1.82, 2.24) is 4.90 Å². The minimum Gasteiger partial charge on any atom is -0.367 e. The molecule has 1 fully saturated rings. The van der Waals surface area contributed by atoms with E-state index in [1.54, 1.807) is 31.2 Å². The molecular weight excluding hydrogens is 409 g/mol. The number of hydrogen-bond acceptors (Lipinski definition) is 3. The Morgan fingerprint density at radius 2 is 1.63 bits per heavy atom. The van der Waals surface area contributed by atoms with Gasteiger partial charge in [-0.2, -0.15) is 0 Å². The van der Waals surface area contributed by atoms with Crippen molar-refractivity contribution in [3.05, 3.63) is 57.0 Å². The highest BCUT2D eigenvalue weighted by molar-refractivity contribution is 6.36. The molecule has 0 aliphatic carbocycles. The van der Waals surface area contributed by atoms with Crippen LogP contribution in [0.5, 0.6) is 0 Å². The molecule has 0 spiro atoms. The number of carbonyl (C=O) groups is 2. The number of hydrogen-bond donors (Lipinski definition) is 1. The summed E-state index contributed by atoms with van der Waals surface area (Å²) in [5.41, 5.74) is 1.73. The summed E-state index contributed by atoms with van der Waals surface area (Å²) in [5.74, 6) is -0.278. The third-order valence-corrected chi connectivity index (χ3v) is 5.31. The van der Waals surface area contributed by atoms with E-state index in [2.05, 4.69) is 10.2 Å². The van der Waals surface area contributed by atoms with E-state index in [4.69, 9.17) is 34.8 Å². The lowest BCUT2D eigenvalue weighted by molar-refractivity contribution is -0.129. The van der Waals surface area contributed by atoms with Crippen LogP contribution in [0.2, 0.25) is 15.1 Å². The summed E-state index contributed by atoms with van der Waals surface area (Å²) in [5, 5.41) is 4.07. The highest BCUT2D eigenvalue weighted by Crippen LogP contribution is 2.30. The maximum absolute atomic E-state index is 12.4. The highest BCUT2D eigenvalue weighted by Gasteiger charge is 2.20. The molecule has 0 unspecified atom stereocenters. The Morgan fingerprint density at radius 3 is 2.26 bits per heavy atom. The average molecular weight is 427 g/mol. The zero-order valence-electron chi connectivity index (χ0n) is 14.6. The predicted octanol–water partition coefficient (Wildman–Crippen LogP) is 4.57. The molecule has 1 heterocycles. The normalized spacial score (nSPS) is 14.2. The lowest BCUT2D eigenvalue weighted by Gasteiger charge is -2.36. The third-order valence-electron chi connectivity index (χ3n) is 4.44. The first-order chi connectivity index (χ1) is 12.8. The molecule has 1 N–H and O–H groups in total. The van der Waals surface area contributed by atoms with Gasteiger partial charge in [0.15, 0.2) is 0 Å². The molecule has 3 rings (SSSR count). The smallest absolute Gasteiger partial charge is 0.257 e. The van der Waals surface area contributed by atoms with Crippen molar-refractivity contribution in [2.45, 2.75) is 6.92 Å². The van der Waals surface area contributed by atoms with Crippen molar-refractivity contribution >= 4 is 58.0 Å². The molecule has 2 aromatic rings. The first kappa shape index (κ1) is 19.8. The standard InChI is InChI=1S/C19H18Cl3N3O2/c1-12(26)24-6-8-25(9-7-24)18-5-3-14(11-17(18)22)23-19(27)15-10-13(20)2-4-16(15)21/h2-5,10-11H,6-9H2,1H3,(H,23,27). The molecular formula is C19H18Cl3N3O2. The van der Waals surface area contributed by atoms with E-state index in [-0.39, 0.29) is 11.8 Å². The number of amides is 2. The Labute approximate surface area is 172 Å². The van der Waals surface area contributed by atoms with Gasteiger partial charge in [0, 0.05) is 43.8 Å². The zero-order valence-corrected chi connectivity index (χ0v) is 16.9. The van der Waals surface area contributed by atoms with Crippen molar-refractivity contribution in [3.63, 3.8) is 0 Å². The molecule has 142 valence electrons. The zero-order chi connectivity index (χ0) is 19.6. The van der Waals surface area contributed by atoms with Crippen LogP contribution in [-0.2, 0) is 4.79 Å². The number of carbonyl (C=O) groups excluding carboxylic acids is 2. The van der Waals surface area contributed by atoms with Crippen molar-refractivity contribution in [1.29, 1.82) is 0 Å². The number of benzene rings is 2. The van der Waals surface area contributed by atoms with Gasteiger partial charge in [-0.15, -0.1) is 0 Å². The van der Waals surface area contributed by atoms with E-state index in [9.17, 15) is 9.59 Å². The Morgan fingerprint density at radius 1 is 0.926 bits per heavy atom. The maximum atomic E-state index is 12.4. The van der Waals surface area contributed by atoms with E-state index < -0.39 is 0 Å². The van der Waals surface area contributed by atoms with Gasteiger partial charge in [-0.3, -0.25) is 9.59 Å². The van der Waals surface area contributed by atoms with E-state index in [1.165, 1.54) is 6.07 Å². The summed E-state index contributed by atoms with van der Waals surface area (Å²) < 4.78 is 0. The van der Waals surface area contributed by atoms with Crippen LogP contribution in [0, 0.1) is 0 Å². The Bertz CT molecular complexity index is 880. The molecule has 1 aliphatic heterocycles. The Balaban J connectivity index is 1.71. The topological polar surface area (TPSA) is 52.7 Å². The molecule has 2 amide bonds. The number of piperazine rings is 1. The van der Waals surface area contributed by atoms with Gasteiger partial charge in [0.1, 0.15) is 0 Å². The molecule has 0 bridgehead atoms. The predicted molar refractivity (Wildman–Crippen MR) is 110 cm³/mol. The molecule has 0 atom stereocenters. The van der Waals surface area contributed by atoms with Gasteiger partial charge in [-0.25, -0.2) is 0 Å². The molecule has 1 aliphatic rings. The molecule has 0 radical (unpaired) electrons. The second-order valence-corrected chi connectivity index (χ2v) is 7.49. The fourth-order valence-corrected chi connectivity index (χ4v) is 3.65. The summed E-state index contributed by atoms with van der Waals surface area (Å²) in [6.07, 6.45) is 0. The molecule has 0 saturated carbocycles. The maximum Gasteiger partial charge on any atom is 0.257 e. The quantitative estimate of drug-likeness (QED) is 0.782. The lowest BCUT2D eigenvalue weighted by atomic mass is 10.2. The fourth-order valence-electron chi connectivity index (χ4n) is 2.97. The lowest BCUT2D eigenvalue weighted by Crippen LogP contribution is -2.48. The van der Waals surface area contributed by atoms with Crippen LogP contribution in [0.25, 0.3) is 0 Å². The third kappa shape index (κ3) is 4.67. The molecule has 27 heavy (non-hydrogen) atoms. The Hall–Kier alpha value is -1.95. The van der Waals surface area contributed by atoms with Gasteiger partial charge in [-0.1, -0.05) is 34.8 Å². The summed E-state index contributed by atoms with van der Waals surface area (Å²) >= 11 is 18.4. The molecule has 0 aromatic heterocycles. The molecule has 8 heteroatoms. The van der Waals surface area contributed by atoms with Crippen molar-refractivity contribution in [2.75, 3.05) is 36.4 Å². The second-order valence-electron chi connectivity index (χ2n) is 6.24. The number of halogens is 3. The minimum absolute atomic E-state index is 0.0819. The largest absolute Gasteiger partial charge is 0.367 e. The van der Waals surface area contributed by atoms with Crippen molar-refractivity contribution in [3.8, 4) is 0 Å². The highest BCUT2D eigenvalue weighted by atomic mass is 35.5. The van der Waals surface area contributed by atoms with Crippen LogP contribution < -0.4 is 10.2 Å². The van der Waals surface area contributed by atoms with Crippen LogP contribution in [0.4, 0.5) is 11.4 Å². The average Bonchev–Trinajstić information content (AvgIpc) is 2.64. The fraction of sp³-hybridized carbons (Fsp3) is 0.263. The summed E-state index contributed by atoms with van der Waals surface area (Å²) in [4.78, 5) is 27.8. The molecule has 2 aromatic carbocycles. The number of rotatable bonds is 3. The van der Waals surface area contributed by atoms with Gasteiger partial charge < -0.3 is 15.1 Å². The summed E-state index contributed by atoms with van der Waals surface area (Å²) in [7, 11) is 0. The number of nitrogens with one attached hydrogen (secondary N) is 1. The van der Waals surface area contributed by atoms with Gasteiger partial charge in [0.25, 0.3) is 5.91 Å². The summed E-state index contributed by atoms with van der Waals surface area (Å²) in [6, 6.07) is 10.1. The Kier molecular flexibility index (Phi) is 6.15. The van der Waals surface area contributed by atoms with E-state index in [1.807, 2.05) is 11.0 Å². The van der Waals surface area contributed by atoms with E-state index in [0.29, 0.717) is 52.5 Å². The van der Waals surface area contributed by atoms with Gasteiger partial charge in [0.05, 0.1) is 21.3 Å². The van der Waals surface area contributed by atoms with E-state index in [0.717, 1.165) is 5.69 Å². The van der Waals surface area contributed by atoms with Crippen LogP contribution in [0.15, 0.2) is 36.4 Å². The monoisotopic (exact) mass is 425 g/mol. The van der Waals surface area contributed by atoms with Crippen molar-refractivity contribution in [2.24, 2.45) is 0 Å². The van der Waals surface area contributed by atoms with E-state index >= 15 is 0 Å². The SMILES string of the molecule is CC(=O)N1CCN(c2ccc(NC(=O)c3cc(Cl)ccc3Cl)cc2Cl)CC1. The number of anilines is 2. The van der Waals surface area contributed by atoms with Gasteiger partial charge in [-0.05, 0) is 36.4 Å². The van der Waals surface area contributed by atoms with Gasteiger partial charge in [0.2, 0.25) is 5.91 Å². The van der Waals surface area contributed by atoms with Crippen LogP contribution >= 0.6 is 34.8 Å². The van der Waals surface area contributed by atoms with Crippen LogP contribution in [-0.4, -0.2) is 42.9 Å². The second kappa shape index (κ2) is 8.38.